The Balaban J connectivity index is 0.000000167. The molecule has 0 spiro atoms. The summed E-state index contributed by atoms with van der Waals surface area (Å²) in [4.78, 5) is 61.1. The number of carbonyl (C=O) groups is 4. The Kier molecular flexibility index (Phi) is 29.4. The van der Waals surface area contributed by atoms with Gasteiger partial charge in [0.05, 0.1) is 10.6 Å². The van der Waals surface area contributed by atoms with Crippen LogP contribution in [0.15, 0.2) is 253 Å². The highest BCUT2D eigenvalue weighted by atomic mass is 35.5. The Morgan fingerprint density at radius 1 is 0.318 bits per heavy atom. The molecule has 4 aliphatic rings. The summed E-state index contributed by atoms with van der Waals surface area (Å²) < 4.78 is 0. The van der Waals surface area contributed by atoms with Gasteiger partial charge in [-0.3, -0.25) is 19.2 Å². The van der Waals surface area contributed by atoms with Gasteiger partial charge in [0.15, 0.2) is 23.1 Å². The molecule has 552 valence electrons. The summed E-state index contributed by atoms with van der Waals surface area (Å²) in [5.41, 5.74) is 14.3. The van der Waals surface area contributed by atoms with Crippen molar-refractivity contribution in [1.29, 1.82) is 0 Å². The number of aryl methyl sites for hydroxylation is 2. The van der Waals surface area contributed by atoms with Crippen LogP contribution in [0.5, 0.6) is 0 Å². The molecular formula is C98H105ClO4S4. The van der Waals surface area contributed by atoms with Crippen LogP contribution >= 0.6 is 59.5 Å². The summed E-state index contributed by atoms with van der Waals surface area (Å²) in [5.74, 6) is 2.91. The van der Waals surface area contributed by atoms with E-state index in [2.05, 4.69) is 186 Å². The zero-order chi connectivity index (χ0) is 74.4. The zero-order valence-electron chi connectivity index (χ0n) is 63.2. The molecule has 4 nitrogen and oxygen atoms in total. The lowest BCUT2D eigenvalue weighted by atomic mass is 9.77. The minimum Gasteiger partial charge on any atom is -0.289 e. The maximum Gasteiger partial charge on any atom is 0.196 e. The largest absolute Gasteiger partial charge is 0.289 e. The summed E-state index contributed by atoms with van der Waals surface area (Å²) in [6.07, 6.45) is 34.4. The molecule has 10 aromatic carbocycles. The lowest BCUT2D eigenvalue weighted by molar-refractivity contribution is 0.0974. The molecule has 0 heterocycles. The first-order chi connectivity index (χ1) is 52.4. The molecule has 4 aliphatic carbocycles. The summed E-state index contributed by atoms with van der Waals surface area (Å²) in [6.45, 7) is 9.05. The van der Waals surface area contributed by atoms with Crippen LogP contribution in [-0.2, 0) is 12.8 Å². The molecule has 14 rings (SSSR count). The van der Waals surface area contributed by atoms with Crippen molar-refractivity contribution < 1.29 is 19.2 Å². The standard InChI is InChI=1S/C49H52O2S2.C26H23ClO2S.C23H30S/c1-3-5-7-9-13-35-20-30-40(31-21-35)52-44-16-10-14-42-46(44)48(50)43-15-11-17-45(47(43)49(42)51)53-41-32-28-39(29-33-41)38-26-24-37(25-27-38)36-22-18-34(19-23-36)12-8-6-4-2;1-2-3-4-5-8-17-13-15-18(16-14-17)30-22-12-7-10-20-24(22)26(29)19-9-6-11-21(27)23(19)25(20)28;1-2-3-4-5-18-6-8-19(9-7-18)20-10-12-21(13-11-20)22-14-16-23(24)17-15-22/h10-11,14-17,20-21,24-34,36H,3-9,12-13,18-19,22-23H2,1-2H3;6-7,9-16H,2-5,8H2,1H3;10-19,24H,2-9H2,1H3. The second-order valence-electron chi connectivity index (χ2n) is 30.0. The van der Waals surface area contributed by atoms with Gasteiger partial charge in [-0.15, -0.1) is 12.6 Å². The van der Waals surface area contributed by atoms with Crippen molar-refractivity contribution in [1.82, 2.24) is 0 Å². The Morgan fingerprint density at radius 2 is 0.617 bits per heavy atom. The molecule has 2 saturated carbocycles. The maximum absolute atomic E-state index is 14.1. The average molecular weight is 1510 g/mol. The fraction of sp³-hybridized carbons (Fsp3) is 0.347. The Hall–Kier alpha value is -7.43. The molecule has 0 atom stereocenters. The first kappa shape index (κ1) is 79.1. The van der Waals surface area contributed by atoms with Gasteiger partial charge < -0.3 is 0 Å². The van der Waals surface area contributed by atoms with E-state index in [9.17, 15) is 19.2 Å². The van der Waals surface area contributed by atoms with Crippen LogP contribution in [0, 0.1) is 11.8 Å². The normalized spacial score (nSPS) is 16.5. The Labute approximate surface area is 661 Å². The van der Waals surface area contributed by atoms with Crippen LogP contribution in [0.2, 0.25) is 5.02 Å². The molecule has 2 fully saturated rings. The number of unbranched alkanes of at least 4 members (excludes halogenated alkanes) is 10. The molecule has 107 heavy (non-hydrogen) atoms. The van der Waals surface area contributed by atoms with Crippen molar-refractivity contribution in [3.63, 3.8) is 0 Å². The molecule has 0 bridgehead atoms. The monoisotopic (exact) mass is 1510 g/mol. The van der Waals surface area contributed by atoms with Crippen molar-refractivity contribution >= 4 is 82.6 Å². The van der Waals surface area contributed by atoms with Gasteiger partial charge in [0.2, 0.25) is 0 Å². The molecule has 0 N–H and O–H groups in total. The number of hydrogen-bond acceptors (Lipinski definition) is 8. The Bertz CT molecular complexity index is 4580. The second-order valence-corrected chi connectivity index (χ2v) is 34.2. The molecule has 0 unspecified atom stereocenters. The molecule has 0 saturated heterocycles. The van der Waals surface area contributed by atoms with Crippen LogP contribution in [-0.4, -0.2) is 23.1 Å². The molecule has 0 radical (unpaired) electrons. The van der Waals surface area contributed by atoms with Gasteiger partial charge in [0.1, 0.15) is 0 Å². The van der Waals surface area contributed by atoms with Gasteiger partial charge in [-0.1, -0.05) is 310 Å². The lowest BCUT2D eigenvalue weighted by Crippen LogP contribution is -2.22. The van der Waals surface area contributed by atoms with Gasteiger partial charge in [-0.25, -0.2) is 0 Å². The Morgan fingerprint density at radius 3 is 0.972 bits per heavy atom. The van der Waals surface area contributed by atoms with Crippen LogP contribution < -0.4 is 0 Å². The minimum absolute atomic E-state index is 0.0773. The van der Waals surface area contributed by atoms with Crippen molar-refractivity contribution in [3.8, 4) is 22.3 Å². The summed E-state index contributed by atoms with van der Waals surface area (Å²) in [6, 6.07) is 74.5. The molecule has 10 aromatic rings. The number of benzene rings is 10. The van der Waals surface area contributed by atoms with Gasteiger partial charge in [-0.05, 0) is 218 Å². The van der Waals surface area contributed by atoms with E-state index in [0.717, 1.165) is 64.9 Å². The first-order valence-corrected chi connectivity index (χ1v) is 43.3. The van der Waals surface area contributed by atoms with Crippen molar-refractivity contribution in [2.24, 2.45) is 11.8 Å². The highest BCUT2D eigenvalue weighted by molar-refractivity contribution is 8.00. The fourth-order valence-electron chi connectivity index (χ4n) is 16.1. The quantitative estimate of drug-likeness (QED) is 0.0387. The summed E-state index contributed by atoms with van der Waals surface area (Å²) in [7, 11) is 0. The van der Waals surface area contributed by atoms with Crippen LogP contribution in [0.3, 0.4) is 0 Å². The minimum atomic E-state index is -0.185. The van der Waals surface area contributed by atoms with E-state index in [-0.39, 0.29) is 23.1 Å². The van der Waals surface area contributed by atoms with Crippen LogP contribution in [0.1, 0.15) is 280 Å². The smallest absolute Gasteiger partial charge is 0.196 e. The van der Waals surface area contributed by atoms with E-state index in [1.807, 2.05) is 48.5 Å². The van der Waals surface area contributed by atoms with E-state index in [1.54, 1.807) is 47.8 Å². The first-order valence-electron chi connectivity index (χ1n) is 40.1. The third-order valence-electron chi connectivity index (χ3n) is 22.4. The second kappa shape index (κ2) is 39.8. The predicted octanol–water partition coefficient (Wildman–Crippen LogP) is 29.3. The third kappa shape index (κ3) is 20.7. The van der Waals surface area contributed by atoms with Crippen LogP contribution in [0.4, 0.5) is 0 Å². The molecular weight excluding hydrogens is 1400 g/mol. The van der Waals surface area contributed by atoms with E-state index in [4.69, 9.17) is 11.6 Å². The van der Waals surface area contributed by atoms with E-state index < -0.39 is 0 Å². The molecule has 0 amide bonds. The van der Waals surface area contributed by atoms with E-state index >= 15 is 0 Å². The van der Waals surface area contributed by atoms with Crippen molar-refractivity contribution in [3.05, 3.63) is 290 Å². The van der Waals surface area contributed by atoms with Crippen molar-refractivity contribution in [2.45, 2.75) is 241 Å². The molecule has 0 aromatic heterocycles. The van der Waals surface area contributed by atoms with Crippen molar-refractivity contribution in [2.75, 3.05) is 0 Å². The number of carbonyl (C=O) groups excluding carboxylic acids is 4. The summed E-state index contributed by atoms with van der Waals surface area (Å²) in [5, 5.41) is 0.323. The van der Waals surface area contributed by atoms with Gasteiger partial charge in [0, 0.05) is 73.2 Å². The molecule has 0 aliphatic heterocycles. The average Bonchev–Trinajstić information content (AvgIpc) is 0.726. The number of ketones is 4. The maximum atomic E-state index is 14.1. The number of halogens is 1. The fourth-order valence-corrected chi connectivity index (χ4v) is 19.5. The predicted molar refractivity (Wildman–Crippen MR) is 454 cm³/mol. The van der Waals surface area contributed by atoms with Gasteiger partial charge in [0.25, 0.3) is 0 Å². The molecule has 9 heteroatoms. The number of fused-ring (bicyclic) bond motifs is 4. The third-order valence-corrected chi connectivity index (χ3v) is 26.2. The zero-order valence-corrected chi connectivity index (χ0v) is 67.3. The van der Waals surface area contributed by atoms with Gasteiger partial charge in [-0.2, -0.15) is 0 Å². The van der Waals surface area contributed by atoms with E-state index in [0.29, 0.717) is 55.4 Å². The SMILES string of the molecule is CCCCCC1CCC(c2ccc(-c3ccc(S)cc3)cc2)CC1.CCCCCCc1ccc(Sc2cccc3c2C(=O)c2cccc(Cl)c2C3=O)cc1.CCCCCCc1ccc(Sc2cccc3c2C(=O)c2cccc(Sc4ccc(-c5ccc(C6CCC(CCCCC)CC6)cc5)cc4)c2C3=O)cc1. The summed E-state index contributed by atoms with van der Waals surface area (Å²) >= 11 is 15.2. The lowest BCUT2D eigenvalue weighted by Gasteiger charge is -2.29. The van der Waals surface area contributed by atoms with Crippen LogP contribution in [0.25, 0.3) is 22.3 Å². The van der Waals surface area contributed by atoms with Gasteiger partial charge >= 0.3 is 0 Å². The number of rotatable bonds is 28. The number of hydrogen-bond donors (Lipinski definition) is 1. The highest BCUT2D eigenvalue weighted by Gasteiger charge is 2.36. The topological polar surface area (TPSA) is 68.3 Å². The highest BCUT2D eigenvalue weighted by Crippen LogP contribution is 2.45. The number of thiol groups is 1. The van der Waals surface area contributed by atoms with E-state index in [1.165, 1.54) is 210 Å².